The van der Waals surface area contributed by atoms with Crippen LogP contribution in [0.4, 0.5) is 0 Å². The van der Waals surface area contributed by atoms with Gasteiger partial charge in [-0.25, -0.2) is 4.72 Å². The molecule has 0 aromatic heterocycles. The number of hydrogen-bond acceptors (Lipinski definition) is 3. The van der Waals surface area contributed by atoms with Crippen LogP contribution in [0.3, 0.4) is 0 Å². The number of rotatable bonds is 8. The van der Waals surface area contributed by atoms with E-state index in [1.807, 2.05) is 30.3 Å². The molecular weight excluding hydrogens is 264 g/mol. The first-order valence-electron chi connectivity index (χ1n) is 6.49. The topological polar surface area (TPSA) is 69.6 Å². The molecule has 6 heteroatoms. The molecule has 0 bridgehead atoms. The first-order valence-corrected chi connectivity index (χ1v) is 7.93. The van der Waals surface area contributed by atoms with Crippen molar-refractivity contribution in [2.75, 3.05) is 19.6 Å². The predicted octanol–water partition coefficient (Wildman–Crippen LogP) is 1.29. The summed E-state index contributed by atoms with van der Waals surface area (Å²) in [6, 6.07) is 9.21. The van der Waals surface area contributed by atoms with E-state index in [1.54, 1.807) is 13.8 Å². The number of nitrogens with zero attached hydrogens (tertiary/aromatic N) is 1. The molecule has 0 saturated heterocycles. The summed E-state index contributed by atoms with van der Waals surface area (Å²) in [5.74, 6) is 0. The van der Waals surface area contributed by atoms with Crippen LogP contribution in [0.2, 0.25) is 0 Å². The number of aliphatic hydroxyl groups excluding tert-OH is 1. The molecule has 0 aliphatic heterocycles. The van der Waals surface area contributed by atoms with Crippen LogP contribution in [0.5, 0.6) is 0 Å². The van der Waals surface area contributed by atoms with Crippen LogP contribution in [-0.4, -0.2) is 37.5 Å². The van der Waals surface area contributed by atoms with E-state index in [4.69, 9.17) is 0 Å². The van der Waals surface area contributed by atoms with Gasteiger partial charge in [0.25, 0.3) is 10.2 Å². The van der Waals surface area contributed by atoms with Gasteiger partial charge in [0.15, 0.2) is 0 Å². The van der Waals surface area contributed by atoms with E-state index in [1.165, 1.54) is 4.31 Å². The molecule has 0 aliphatic rings. The van der Waals surface area contributed by atoms with Crippen LogP contribution in [-0.2, 0) is 10.2 Å². The molecule has 108 valence electrons. The van der Waals surface area contributed by atoms with E-state index in [9.17, 15) is 13.5 Å². The molecule has 1 unspecified atom stereocenters. The third-order valence-electron chi connectivity index (χ3n) is 2.93. The fraction of sp³-hybridized carbons (Fsp3) is 0.538. The Balaban J connectivity index is 2.46. The van der Waals surface area contributed by atoms with Crippen LogP contribution in [0.15, 0.2) is 30.3 Å². The lowest BCUT2D eigenvalue weighted by Crippen LogP contribution is -2.41. The lowest BCUT2D eigenvalue weighted by Gasteiger charge is -2.19. The number of aliphatic hydroxyl groups is 1. The van der Waals surface area contributed by atoms with Gasteiger partial charge < -0.3 is 5.11 Å². The summed E-state index contributed by atoms with van der Waals surface area (Å²) in [5.41, 5.74) is 0.796. The second-order valence-corrected chi connectivity index (χ2v) is 5.95. The van der Waals surface area contributed by atoms with Crippen molar-refractivity contribution < 1.29 is 13.5 Å². The van der Waals surface area contributed by atoms with Gasteiger partial charge in [-0.3, -0.25) is 0 Å². The maximum atomic E-state index is 11.8. The summed E-state index contributed by atoms with van der Waals surface area (Å²) in [6.07, 6.45) is -0.301. The summed E-state index contributed by atoms with van der Waals surface area (Å²) in [7, 11) is -3.43. The highest BCUT2D eigenvalue weighted by molar-refractivity contribution is 7.87. The van der Waals surface area contributed by atoms with E-state index >= 15 is 0 Å². The molecule has 5 nitrogen and oxygen atoms in total. The van der Waals surface area contributed by atoms with Crippen LogP contribution in [0.1, 0.15) is 31.9 Å². The Bertz CT molecular complexity index is 458. The van der Waals surface area contributed by atoms with Gasteiger partial charge in [-0.1, -0.05) is 44.2 Å². The second kappa shape index (κ2) is 7.59. The fourth-order valence-corrected chi connectivity index (χ4v) is 3.06. The average Bonchev–Trinajstić information content (AvgIpc) is 2.40. The molecule has 0 spiro atoms. The quantitative estimate of drug-likeness (QED) is 0.756. The summed E-state index contributed by atoms with van der Waals surface area (Å²) in [6.45, 7) is 4.68. The molecule has 1 aromatic carbocycles. The van der Waals surface area contributed by atoms with Crippen LogP contribution >= 0.6 is 0 Å². The third-order valence-corrected chi connectivity index (χ3v) is 4.70. The molecule has 1 aromatic rings. The van der Waals surface area contributed by atoms with Gasteiger partial charge in [0, 0.05) is 19.6 Å². The van der Waals surface area contributed by atoms with Crippen molar-refractivity contribution in [1.82, 2.24) is 9.03 Å². The highest BCUT2D eigenvalue weighted by Gasteiger charge is 2.18. The van der Waals surface area contributed by atoms with Crippen molar-refractivity contribution in [3.63, 3.8) is 0 Å². The molecule has 0 amide bonds. The van der Waals surface area contributed by atoms with E-state index < -0.39 is 16.3 Å². The van der Waals surface area contributed by atoms with Gasteiger partial charge in [-0.2, -0.15) is 12.7 Å². The zero-order chi connectivity index (χ0) is 14.3. The van der Waals surface area contributed by atoms with Crippen LogP contribution in [0.25, 0.3) is 0 Å². The van der Waals surface area contributed by atoms with Crippen molar-refractivity contribution in [2.45, 2.75) is 26.4 Å². The van der Waals surface area contributed by atoms with Gasteiger partial charge in [0.05, 0.1) is 6.10 Å². The molecule has 1 rings (SSSR count). The molecule has 0 aliphatic carbocycles. The number of nitrogens with one attached hydrogen (secondary N) is 1. The van der Waals surface area contributed by atoms with Gasteiger partial charge in [-0.05, 0) is 12.0 Å². The van der Waals surface area contributed by atoms with Crippen molar-refractivity contribution in [3.8, 4) is 0 Å². The highest BCUT2D eigenvalue weighted by atomic mass is 32.2. The highest BCUT2D eigenvalue weighted by Crippen LogP contribution is 2.15. The van der Waals surface area contributed by atoms with Gasteiger partial charge >= 0.3 is 0 Å². The van der Waals surface area contributed by atoms with Gasteiger partial charge in [0.1, 0.15) is 0 Å². The largest absolute Gasteiger partial charge is 0.388 e. The summed E-state index contributed by atoms with van der Waals surface area (Å²) >= 11 is 0. The third kappa shape index (κ3) is 4.91. The van der Waals surface area contributed by atoms with Crippen molar-refractivity contribution in [3.05, 3.63) is 35.9 Å². The van der Waals surface area contributed by atoms with E-state index in [-0.39, 0.29) is 6.54 Å². The smallest absolute Gasteiger partial charge is 0.279 e. The molecule has 19 heavy (non-hydrogen) atoms. The standard InChI is InChI=1S/C13H22N2O3S/c1-3-15(4-2)19(17,18)14-11-10-13(16)12-8-6-5-7-9-12/h5-9,13-14,16H,3-4,10-11H2,1-2H3. The van der Waals surface area contributed by atoms with Crippen LogP contribution < -0.4 is 4.72 Å². The molecule has 0 heterocycles. The van der Waals surface area contributed by atoms with Crippen LogP contribution in [0, 0.1) is 0 Å². The second-order valence-electron chi connectivity index (χ2n) is 4.20. The minimum absolute atomic E-state index is 0.217. The Morgan fingerprint density at radius 1 is 1.21 bits per heavy atom. The zero-order valence-electron chi connectivity index (χ0n) is 11.4. The number of hydrogen-bond donors (Lipinski definition) is 2. The summed E-state index contributed by atoms with van der Waals surface area (Å²) in [5, 5.41) is 9.92. The fourth-order valence-electron chi connectivity index (χ4n) is 1.82. The Morgan fingerprint density at radius 2 is 1.79 bits per heavy atom. The van der Waals surface area contributed by atoms with Crippen molar-refractivity contribution in [2.24, 2.45) is 0 Å². The van der Waals surface area contributed by atoms with E-state index in [0.29, 0.717) is 19.5 Å². The average molecular weight is 286 g/mol. The minimum Gasteiger partial charge on any atom is -0.388 e. The van der Waals surface area contributed by atoms with E-state index in [0.717, 1.165) is 5.56 Å². The Labute approximate surface area is 115 Å². The molecule has 0 radical (unpaired) electrons. The minimum atomic E-state index is -3.43. The lowest BCUT2D eigenvalue weighted by molar-refractivity contribution is 0.169. The summed E-state index contributed by atoms with van der Waals surface area (Å²) in [4.78, 5) is 0. The SMILES string of the molecule is CCN(CC)S(=O)(=O)NCCC(O)c1ccccc1. The molecule has 2 N–H and O–H groups in total. The van der Waals surface area contributed by atoms with Crippen molar-refractivity contribution in [1.29, 1.82) is 0 Å². The van der Waals surface area contributed by atoms with Gasteiger partial charge in [-0.15, -0.1) is 0 Å². The zero-order valence-corrected chi connectivity index (χ0v) is 12.2. The Morgan fingerprint density at radius 3 is 2.32 bits per heavy atom. The molecule has 1 atom stereocenters. The maximum Gasteiger partial charge on any atom is 0.279 e. The Hall–Kier alpha value is -0.950. The normalized spacial score (nSPS) is 13.7. The molecule has 0 fully saturated rings. The summed E-state index contributed by atoms with van der Waals surface area (Å²) < 4.78 is 27.5. The molecule has 0 saturated carbocycles. The first-order chi connectivity index (χ1) is 9.01. The number of benzene rings is 1. The van der Waals surface area contributed by atoms with E-state index in [2.05, 4.69) is 4.72 Å². The lowest BCUT2D eigenvalue weighted by atomic mass is 10.1. The monoisotopic (exact) mass is 286 g/mol. The molecular formula is C13H22N2O3S. The van der Waals surface area contributed by atoms with Crippen molar-refractivity contribution >= 4 is 10.2 Å². The Kier molecular flexibility index (Phi) is 6.44. The predicted molar refractivity (Wildman–Crippen MR) is 75.9 cm³/mol. The maximum absolute atomic E-state index is 11.8. The van der Waals surface area contributed by atoms with Gasteiger partial charge in [0.2, 0.25) is 0 Å². The first kappa shape index (κ1) is 16.1.